The molecule has 1 aliphatic rings. The molecule has 1 aromatic rings. The van der Waals surface area contributed by atoms with Gasteiger partial charge in [-0.2, -0.15) is 0 Å². The van der Waals surface area contributed by atoms with Crippen LogP contribution in [-0.4, -0.2) is 23.7 Å². The van der Waals surface area contributed by atoms with E-state index in [1.54, 1.807) is 0 Å². The van der Waals surface area contributed by atoms with Crippen molar-refractivity contribution in [3.8, 4) is 0 Å². The summed E-state index contributed by atoms with van der Waals surface area (Å²) in [5, 5.41) is 12.2. The predicted octanol–water partition coefficient (Wildman–Crippen LogP) is 2.11. The van der Waals surface area contributed by atoms with Gasteiger partial charge in [-0.25, -0.2) is 4.39 Å². The van der Waals surface area contributed by atoms with Crippen LogP contribution >= 0.6 is 0 Å². The summed E-state index contributed by atoms with van der Waals surface area (Å²) in [6.07, 6.45) is 3.36. The van der Waals surface area contributed by atoms with Crippen molar-refractivity contribution in [3.63, 3.8) is 0 Å². The molecular formula is C14H18FNO2. The standard InChI is InChI=1S/C14H18FNO2/c15-12-5-3-11(4-6-12)14(18)16-9-10-1-7-13(17)8-2-10/h3-6,10,13,17H,1-2,7-9H2,(H,16,18). The summed E-state index contributed by atoms with van der Waals surface area (Å²) in [4.78, 5) is 11.8. The minimum atomic E-state index is -0.340. The van der Waals surface area contributed by atoms with Gasteiger partial charge in [-0.15, -0.1) is 0 Å². The van der Waals surface area contributed by atoms with Crippen molar-refractivity contribution in [3.05, 3.63) is 35.6 Å². The molecule has 0 heterocycles. The molecule has 1 fully saturated rings. The molecule has 2 N–H and O–H groups in total. The van der Waals surface area contributed by atoms with Crippen LogP contribution in [0.1, 0.15) is 36.0 Å². The van der Waals surface area contributed by atoms with Crippen LogP contribution in [0.25, 0.3) is 0 Å². The molecule has 98 valence electrons. The van der Waals surface area contributed by atoms with Crippen molar-refractivity contribution in [1.29, 1.82) is 0 Å². The minimum Gasteiger partial charge on any atom is -0.393 e. The van der Waals surface area contributed by atoms with Gasteiger partial charge in [0, 0.05) is 12.1 Å². The number of carbonyl (C=O) groups is 1. The topological polar surface area (TPSA) is 49.3 Å². The lowest BCUT2D eigenvalue weighted by molar-refractivity contribution is 0.0910. The highest BCUT2D eigenvalue weighted by Gasteiger charge is 2.19. The quantitative estimate of drug-likeness (QED) is 0.864. The summed E-state index contributed by atoms with van der Waals surface area (Å²) >= 11 is 0. The van der Waals surface area contributed by atoms with Crippen LogP contribution in [0.15, 0.2) is 24.3 Å². The van der Waals surface area contributed by atoms with Gasteiger partial charge < -0.3 is 10.4 Å². The Labute approximate surface area is 106 Å². The van der Waals surface area contributed by atoms with E-state index in [0.717, 1.165) is 25.7 Å². The van der Waals surface area contributed by atoms with Crippen LogP contribution in [0, 0.1) is 11.7 Å². The molecule has 0 aliphatic heterocycles. The summed E-state index contributed by atoms with van der Waals surface area (Å²) < 4.78 is 12.7. The van der Waals surface area contributed by atoms with E-state index >= 15 is 0 Å². The van der Waals surface area contributed by atoms with E-state index in [2.05, 4.69) is 5.32 Å². The second-order valence-corrected chi connectivity index (χ2v) is 4.89. The molecule has 3 nitrogen and oxygen atoms in total. The number of amides is 1. The predicted molar refractivity (Wildman–Crippen MR) is 66.7 cm³/mol. The van der Waals surface area contributed by atoms with E-state index in [-0.39, 0.29) is 17.8 Å². The second kappa shape index (κ2) is 5.96. The molecule has 4 heteroatoms. The van der Waals surface area contributed by atoms with E-state index < -0.39 is 0 Å². The van der Waals surface area contributed by atoms with Gasteiger partial charge >= 0.3 is 0 Å². The molecule has 0 spiro atoms. The van der Waals surface area contributed by atoms with E-state index in [1.807, 2.05) is 0 Å². The Morgan fingerprint density at radius 3 is 2.44 bits per heavy atom. The van der Waals surface area contributed by atoms with Crippen LogP contribution < -0.4 is 5.32 Å². The van der Waals surface area contributed by atoms with Gasteiger partial charge in [-0.05, 0) is 55.9 Å². The largest absolute Gasteiger partial charge is 0.393 e. The Balaban J connectivity index is 1.79. The molecule has 0 radical (unpaired) electrons. The van der Waals surface area contributed by atoms with E-state index in [9.17, 15) is 14.3 Å². The molecule has 2 rings (SSSR count). The summed E-state index contributed by atoms with van der Waals surface area (Å²) in [6, 6.07) is 5.53. The van der Waals surface area contributed by atoms with Crippen molar-refractivity contribution in [1.82, 2.24) is 5.32 Å². The highest BCUT2D eigenvalue weighted by Crippen LogP contribution is 2.23. The molecular weight excluding hydrogens is 233 g/mol. The number of benzene rings is 1. The lowest BCUT2D eigenvalue weighted by Gasteiger charge is -2.25. The zero-order chi connectivity index (χ0) is 13.0. The summed E-state index contributed by atoms with van der Waals surface area (Å²) in [7, 11) is 0. The van der Waals surface area contributed by atoms with Crippen molar-refractivity contribution < 1.29 is 14.3 Å². The Morgan fingerprint density at radius 1 is 1.22 bits per heavy atom. The Hall–Kier alpha value is -1.42. The molecule has 0 unspecified atom stereocenters. The third kappa shape index (κ3) is 3.53. The first-order valence-corrected chi connectivity index (χ1v) is 6.37. The fraction of sp³-hybridized carbons (Fsp3) is 0.500. The lowest BCUT2D eigenvalue weighted by Crippen LogP contribution is -2.32. The van der Waals surface area contributed by atoms with Crippen LogP contribution in [-0.2, 0) is 0 Å². The van der Waals surface area contributed by atoms with Gasteiger partial charge in [0.05, 0.1) is 6.10 Å². The van der Waals surface area contributed by atoms with Gasteiger partial charge in [0.2, 0.25) is 0 Å². The molecule has 0 bridgehead atoms. The number of hydrogen-bond donors (Lipinski definition) is 2. The highest BCUT2D eigenvalue weighted by atomic mass is 19.1. The number of hydrogen-bond acceptors (Lipinski definition) is 2. The first-order valence-electron chi connectivity index (χ1n) is 6.37. The Bertz CT molecular complexity index is 397. The maximum Gasteiger partial charge on any atom is 0.251 e. The van der Waals surface area contributed by atoms with Crippen LogP contribution in [0.2, 0.25) is 0 Å². The molecule has 1 amide bonds. The monoisotopic (exact) mass is 251 g/mol. The molecule has 0 saturated heterocycles. The van der Waals surface area contributed by atoms with Crippen LogP contribution in [0.4, 0.5) is 4.39 Å². The molecule has 1 aromatic carbocycles. The van der Waals surface area contributed by atoms with Gasteiger partial charge in [0.25, 0.3) is 5.91 Å². The first kappa shape index (κ1) is 13.0. The maximum absolute atomic E-state index is 12.7. The van der Waals surface area contributed by atoms with Gasteiger partial charge in [0.1, 0.15) is 5.82 Å². The minimum absolute atomic E-state index is 0.166. The fourth-order valence-corrected chi connectivity index (χ4v) is 2.29. The molecule has 0 atom stereocenters. The third-order valence-electron chi connectivity index (χ3n) is 3.47. The molecule has 1 aliphatic carbocycles. The van der Waals surface area contributed by atoms with Gasteiger partial charge in [-0.1, -0.05) is 0 Å². The average molecular weight is 251 g/mol. The average Bonchev–Trinajstić information content (AvgIpc) is 2.38. The SMILES string of the molecule is O=C(NCC1CCC(O)CC1)c1ccc(F)cc1. The van der Waals surface area contributed by atoms with Crippen molar-refractivity contribution in [2.45, 2.75) is 31.8 Å². The summed E-state index contributed by atoms with van der Waals surface area (Å²) in [6.45, 7) is 0.628. The van der Waals surface area contributed by atoms with E-state index in [0.29, 0.717) is 18.0 Å². The zero-order valence-corrected chi connectivity index (χ0v) is 10.2. The first-order chi connectivity index (χ1) is 8.65. The number of aliphatic hydroxyl groups is 1. The van der Waals surface area contributed by atoms with Gasteiger partial charge in [-0.3, -0.25) is 4.79 Å². The normalized spacial score (nSPS) is 23.7. The summed E-state index contributed by atoms with van der Waals surface area (Å²) in [5.74, 6) is -0.0632. The molecule has 18 heavy (non-hydrogen) atoms. The van der Waals surface area contributed by atoms with Crippen molar-refractivity contribution >= 4 is 5.91 Å². The van der Waals surface area contributed by atoms with Crippen LogP contribution in [0.5, 0.6) is 0 Å². The second-order valence-electron chi connectivity index (χ2n) is 4.89. The van der Waals surface area contributed by atoms with E-state index in [1.165, 1.54) is 24.3 Å². The zero-order valence-electron chi connectivity index (χ0n) is 10.2. The number of halogens is 1. The summed E-state index contributed by atoms with van der Waals surface area (Å²) in [5.41, 5.74) is 0.479. The molecule has 1 saturated carbocycles. The fourth-order valence-electron chi connectivity index (χ4n) is 2.29. The Kier molecular flexibility index (Phi) is 4.31. The van der Waals surface area contributed by atoms with Crippen molar-refractivity contribution in [2.24, 2.45) is 5.92 Å². The number of nitrogens with one attached hydrogen (secondary N) is 1. The number of rotatable bonds is 3. The lowest BCUT2D eigenvalue weighted by atomic mass is 9.87. The number of carbonyl (C=O) groups excluding carboxylic acids is 1. The highest BCUT2D eigenvalue weighted by molar-refractivity contribution is 5.94. The smallest absolute Gasteiger partial charge is 0.251 e. The van der Waals surface area contributed by atoms with Gasteiger partial charge in [0.15, 0.2) is 0 Å². The maximum atomic E-state index is 12.7. The Morgan fingerprint density at radius 2 is 1.83 bits per heavy atom. The third-order valence-corrected chi connectivity index (χ3v) is 3.47. The molecule has 0 aromatic heterocycles. The van der Waals surface area contributed by atoms with E-state index in [4.69, 9.17) is 0 Å². The number of aliphatic hydroxyl groups excluding tert-OH is 1. The van der Waals surface area contributed by atoms with Crippen molar-refractivity contribution in [2.75, 3.05) is 6.54 Å². The van der Waals surface area contributed by atoms with Crippen LogP contribution in [0.3, 0.4) is 0 Å².